The van der Waals surface area contributed by atoms with E-state index in [1.165, 1.54) is 37.7 Å². The number of nitrogens with zero attached hydrogens (tertiary/aromatic N) is 2. The molecule has 24 heavy (non-hydrogen) atoms. The van der Waals surface area contributed by atoms with E-state index in [1.807, 2.05) is 6.92 Å². The van der Waals surface area contributed by atoms with E-state index in [4.69, 9.17) is 9.15 Å². The molecule has 0 spiro atoms. The van der Waals surface area contributed by atoms with E-state index >= 15 is 0 Å². The van der Waals surface area contributed by atoms with Gasteiger partial charge in [-0.2, -0.15) is 0 Å². The van der Waals surface area contributed by atoms with Crippen molar-refractivity contribution in [2.75, 3.05) is 13.7 Å². The third-order valence-corrected chi connectivity index (χ3v) is 5.17. The summed E-state index contributed by atoms with van der Waals surface area (Å²) in [4.78, 5) is 0. The third-order valence-electron chi connectivity index (χ3n) is 5.17. The smallest absolute Gasteiger partial charge is 0.233 e. The summed E-state index contributed by atoms with van der Waals surface area (Å²) >= 11 is 0. The molecule has 1 heterocycles. The maximum absolute atomic E-state index is 5.55. The first kappa shape index (κ1) is 17.0. The molecule has 1 aromatic carbocycles. The van der Waals surface area contributed by atoms with E-state index in [0.29, 0.717) is 11.8 Å². The van der Waals surface area contributed by atoms with Crippen molar-refractivity contribution in [3.8, 4) is 5.75 Å². The van der Waals surface area contributed by atoms with Gasteiger partial charge in [0.1, 0.15) is 5.75 Å². The highest BCUT2D eigenvalue weighted by Gasteiger charge is 2.34. The van der Waals surface area contributed by atoms with Crippen molar-refractivity contribution in [3.63, 3.8) is 0 Å². The standard InChI is InChI=1S/C19H27N3O2/c1-14(18-22-21-15(2)24-18)20-13-19(11-5-4-6-12-19)16-7-9-17(23-3)10-8-16/h7-10,14,20H,4-6,11-13H2,1-3H3/t14-/m1/s1. The van der Waals surface area contributed by atoms with Gasteiger partial charge < -0.3 is 14.5 Å². The molecule has 1 N–H and O–H groups in total. The molecule has 5 heteroatoms. The molecule has 1 aromatic heterocycles. The van der Waals surface area contributed by atoms with Gasteiger partial charge in [-0.05, 0) is 37.5 Å². The molecule has 1 fully saturated rings. The summed E-state index contributed by atoms with van der Waals surface area (Å²) in [5.74, 6) is 2.18. The zero-order valence-electron chi connectivity index (χ0n) is 14.8. The van der Waals surface area contributed by atoms with Crippen molar-refractivity contribution in [2.45, 2.75) is 57.4 Å². The second kappa shape index (κ2) is 7.34. The van der Waals surface area contributed by atoms with E-state index < -0.39 is 0 Å². The van der Waals surface area contributed by atoms with Crippen LogP contribution in [0.2, 0.25) is 0 Å². The minimum absolute atomic E-state index is 0.0586. The second-order valence-corrected chi connectivity index (χ2v) is 6.83. The normalized spacial score (nSPS) is 18.3. The molecule has 1 atom stereocenters. The molecule has 130 valence electrons. The van der Waals surface area contributed by atoms with Crippen molar-refractivity contribution < 1.29 is 9.15 Å². The Morgan fingerprint density at radius 2 is 1.88 bits per heavy atom. The van der Waals surface area contributed by atoms with Gasteiger partial charge in [0.2, 0.25) is 11.8 Å². The van der Waals surface area contributed by atoms with E-state index in [1.54, 1.807) is 7.11 Å². The zero-order chi connectivity index (χ0) is 17.0. The monoisotopic (exact) mass is 329 g/mol. The van der Waals surface area contributed by atoms with Crippen LogP contribution in [0.3, 0.4) is 0 Å². The summed E-state index contributed by atoms with van der Waals surface area (Å²) < 4.78 is 10.9. The van der Waals surface area contributed by atoms with Crippen LogP contribution in [0.25, 0.3) is 0 Å². The molecule has 2 aromatic rings. The molecule has 3 rings (SSSR count). The van der Waals surface area contributed by atoms with Crippen molar-refractivity contribution >= 4 is 0 Å². The Bertz CT molecular complexity index is 645. The summed E-state index contributed by atoms with van der Waals surface area (Å²) in [6.07, 6.45) is 6.31. The number of hydrogen-bond acceptors (Lipinski definition) is 5. The fourth-order valence-corrected chi connectivity index (χ4v) is 3.66. The summed E-state index contributed by atoms with van der Waals surface area (Å²) in [5.41, 5.74) is 1.57. The average molecular weight is 329 g/mol. The first-order chi connectivity index (χ1) is 11.6. The van der Waals surface area contributed by atoms with Gasteiger partial charge in [-0.15, -0.1) is 10.2 Å². The number of aromatic nitrogens is 2. The summed E-state index contributed by atoms with van der Waals surface area (Å²) in [6.45, 7) is 4.82. The molecule has 1 saturated carbocycles. The topological polar surface area (TPSA) is 60.2 Å². The lowest BCUT2D eigenvalue weighted by Gasteiger charge is -2.39. The number of rotatable bonds is 6. The van der Waals surface area contributed by atoms with Gasteiger partial charge in [-0.3, -0.25) is 0 Å². The lowest BCUT2D eigenvalue weighted by Crippen LogP contribution is -2.40. The molecule has 5 nitrogen and oxygen atoms in total. The van der Waals surface area contributed by atoms with Crippen molar-refractivity contribution in [1.29, 1.82) is 0 Å². The maximum atomic E-state index is 5.55. The SMILES string of the molecule is COc1ccc(C2(CN[C@H](C)c3nnc(C)o3)CCCCC2)cc1. The molecule has 0 unspecified atom stereocenters. The van der Waals surface area contributed by atoms with Crippen LogP contribution < -0.4 is 10.1 Å². The summed E-state index contributed by atoms with van der Waals surface area (Å²) in [7, 11) is 1.71. The molecule has 0 saturated heterocycles. The minimum atomic E-state index is 0.0586. The minimum Gasteiger partial charge on any atom is -0.497 e. The molecular formula is C19H27N3O2. The van der Waals surface area contributed by atoms with Crippen LogP contribution in [0, 0.1) is 6.92 Å². The molecule has 1 aliphatic carbocycles. The molecule has 0 aliphatic heterocycles. The fraction of sp³-hybridized carbons (Fsp3) is 0.579. The highest BCUT2D eigenvalue weighted by molar-refractivity contribution is 5.33. The van der Waals surface area contributed by atoms with Gasteiger partial charge in [-0.25, -0.2) is 0 Å². The number of methoxy groups -OCH3 is 1. The summed E-state index contributed by atoms with van der Waals surface area (Å²) in [5, 5.41) is 11.7. The predicted octanol–water partition coefficient (Wildman–Crippen LogP) is 3.94. The number of nitrogens with one attached hydrogen (secondary N) is 1. The average Bonchev–Trinajstić information content (AvgIpc) is 3.07. The first-order valence-electron chi connectivity index (χ1n) is 8.81. The molecular weight excluding hydrogens is 302 g/mol. The van der Waals surface area contributed by atoms with Crippen LogP contribution >= 0.6 is 0 Å². The van der Waals surface area contributed by atoms with E-state index in [0.717, 1.165) is 12.3 Å². The van der Waals surface area contributed by atoms with Gasteiger partial charge in [-0.1, -0.05) is 31.4 Å². The van der Waals surface area contributed by atoms with Gasteiger partial charge in [0.15, 0.2) is 0 Å². The summed E-state index contributed by atoms with van der Waals surface area (Å²) in [6, 6.07) is 8.62. The van der Waals surface area contributed by atoms with Crippen LogP contribution in [0.1, 0.15) is 62.4 Å². The van der Waals surface area contributed by atoms with Crippen LogP contribution in [0.15, 0.2) is 28.7 Å². The molecule has 1 aliphatic rings. The predicted molar refractivity (Wildman–Crippen MR) is 93.2 cm³/mol. The van der Waals surface area contributed by atoms with E-state index in [2.05, 4.69) is 46.7 Å². The maximum Gasteiger partial charge on any atom is 0.233 e. The Morgan fingerprint density at radius 3 is 2.46 bits per heavy atom. The number of hydrogen-bond donors (Lipinski definition) is 1. The Morgan fingerprint density at radius 1 is 1.17 bits per heavy atom. The highest BCUT2D eigenvalue weighted by atomic mass is 16.5. The second-order valence-electron chi connectivity index (χ2n) is 6.83. The number of aryl methyl sites for hydroxylation is 1. The van der Waals surface area contributed by atoms with Gasteiger partial charge in [0.05, 0.1) is 13.2 Å². The molecule has 0 radical (unpaired) electrons. The lowest BCUT2D eigenvalue weighted by molar-refractivity contribution is 0.264. The third kappa shape index (κ3) is 3.61. The van der Waals surface area contributed by atoms with Crippen LogP contribution in [-0.4, -0.2) is 23.9 Å². The van der Waals surface area contributed by atoms with E-state index in [-0.39, 0.29) is 11.5 Å². The Labute approximate surface area is 143 Å². The van der Waals surface area contributed by atoms with Crippen molar-refractivity contribution in [1.82, 2.24) is 15.5 Å². The van der Waals surface area contributed by atoms with Gasteiger partial charge in [0.25, 0.3) is 0 Å². The molecule has 0 bridgehead atoms. The van der Waals surface area contributed by atoms with Gasteiger partial charge in [0, 0.05) is 18.9 Å². The largest absolute Gasteiger partial charge is 0.497 e. The first-order valence-corrected chi connectivity index (χ1v) is 8.81. The Balaban J connectivity index is 1.75. The van der Waals surface area contributed by atoms with Crippen LogP contribution in [0.5, 0.6) is 5.75 Å². The van der Waals surface area contributed by atoms with Crippen LogP contribution in [-0.2, 0) is 5.41 Å². The fourth-order valence-electron chi connectivity index (χ4n) is 3.66. The number of benzene rings is 1. The Kier molecular flexibility index (Phi) is 5.19. The van der Waals surface area contributed by atoms with Crippen molar-refractivity contribution in [2.24, 2.45) is 0 Å². The highest BCUT2D eigenvalue weighted by Crippen LogP contribution is 2.40. The van der Waals surface area contributed by atoms with E-state index in [9.17, 15) is 0 Å². The quantitative estimate of drug-likeness (QED) is 0.870. The zero-order valence-corrected chi connectivity index (χ0v) is 14.8. The number of ether oxygens (including phenoxy) is 1. The Hall–Kier alpha value is -1.88. The van der Waals surface area contributed by atoms with Crippen LogP contribution in [0.4, 0.5) is 0 Å². The lowest BCUT2D eigenvalue weighted by atomic mass is 9.69. The molecule has 0 amide bonds. The van der Waals surface area contributed by atoms with Crippen molar-refractivity contribution in [3.05, 3.63) is 41.6 Å². The van der Waals surface area contributed by atoms with Gasteiger partial charge >= 0.3 is 0 Å².